The molecule has 1 aliphatic rings. The molecule has 0 N–H and O–H groups in total. The number of carbonyl (C=O) groups is 1. The molecule has 1 fully saturated rings. The first kappa shape index (κ1) is 24.8. The van der Waals surface area contributed by atoms with Gasteiger partial charge in [-0.05, 0) is 49.2 Å². The van der Waals surface area contributed by atoms with Gasteiger partial charge in [0.05, 0.1) is 24.4 Å². The van der Waals surface area contributed by atoms with Crippen molar-refractivity contribution in [3.8, 4) is 11.5 Å². The lowest BCUT2D eigenvalue weighted by molar-refractivity contribution is 0.0737. The predicted octanol–water partition coefficient (Wildman–Crippen LogP) is 5.84. The minimum Gasteiger partial charge on any atom is -0.495 e. The van der Waals surface area contributed by atoms with E-state index in [1.807, 2.05) is 59.5 Å². The third-order valence-corrected chi connectivity index (χ3v) is 7.20. The van der Waals surface area contributed by atoms with Gasteiger partial charge in [-0.3, -0.25) is 4.79 Å². The van der Waals surface area contributed by atoms with Crippen LogP contribution in [-0.4, -0.2) is 54.8 Å². The summed E-state index contributed by atoms with van der Waals surface area (Å²) in [4.78, 5) is 18.2. The molecule has 1 amide bonds. The fraction of sp³-hybridized carbons (Fsp3) is 0.323. The van der Waals surface area contributed by atoms with Gasteiger partial charge in [-0.15, -0.1) is 0 Å². The van der Waals surface area contributed by atoms with Crippen LogP contribution in [0.15, 0.2) is 78.9 Å². The van der Waals surface area contributed by atoms with Crippen LogP contribution in [0.5, 0.6) is 11.5 Å². The zero-order chi connectivity index (χ0) is 25.8. The topological polar surface area (TPSA) is 46.9 Å². The molecule has 5 rings (SSSR count). The van der Waals surface area contributed by atoms with E-state index in [0.717, 1.165) is 53.2 Å². The van der Waals surface area contributed by atoms with Crippen molar-refractivity contribution in [1.29, 1.82) is 0 Å². The maximum atomic E-state index is 14.0. The summed E-state index contributed by atoms with van der Waals surface area (Å²) >= 11 is 0. The predicted molar refractivity (Wildman–Crippen MR) is 149 cm³/mol. The summed E-state index contributed by atoms with van der Waals surface area (Å²) in [5, 5.41) is 0.981. The molecule has 3 aromatic carbocycles. The highest BCUT2D eigenvalue weighted by Crippen LogP contribution is 2.32. The molecule has 1 aliphatic heterocycles. The molecule has 6 nitrogen and oxygen atoms in total. The number of hydrogen-bond acceptors (Lipinski definition) is 4. The van der Waals surface area contributed by atoms with Gasteiger partial charge in [0, 0.05) is 38.1 Å². The number of fused-ring (bicyclic) bond motifs is 1. The molecule has 0 saturated carbocycles. The second-order valence-electron chi connectivity index (χ2n) is 9.58. The minimum atomic E-state index is 0.0568. The van der Waals surface area contributed by atoms with Crippen LogP contribution in [0, 0.1) is 0 Å². The summed E-state index contributed by atoms with van der Waals surface area (Å²) in [7, 11) is 1.70. The molecule has 6 heteroatoms. The van der Waals surface area contributed by atoms with Crippen LogP contribution in [-0.2, 0) is 6.54 Å². The molecular formula is C31H35N3O3. The average Bonchev–Trinajstić information content (AvgIpc) is 3.32. The van der Waals surface area contributed by atoms with Crippen molar-refractivity contribution in [1.82, 2.24) is 9.47 Å². The monoisotopic (exact) mass is 497 g/mol. The van der Waals surface area contributed by atoms with Gasteiger partial charge in [-0.2, -0.15) is 0 Å². The summed E-state index contributed by atoms with van der Waals surface area (Å²) in [5.74, 6) is 1.74. The molecule has 0 radical (unpaired) electrons. The van der Waals surface area contributed by atoms with Crippen LogP contribution in [0.1, 0.15) is 36.3 Å². The average molecular weight is 498 g/mol. The lowest BCUT2D eigenvalue weighted by Gasteiger charge is -2.36. The number of para-hydroxylation sites is 2. The highest BCUT2D eigenvalue weighted by atomic mass is 16.5. The molecule has 37 heavy (non-hydrogen) atoms. The van der Waals surface area contributed by atoms with Crippen molar-refractivity contribution in [2.75, 3.05) is 38.2 Å². The van der Waals surface area contributed by atoms with Crippen LogP contribution in [0.25, 0.3) is 10.9 Å². The number of nitrogens with zero attached hydrogens (tertiary/aromatic N) is 3. The Labute approximate surface area is 219 Å². The van der Waals surface area contributed by atoms with Crippen molar-refractivity contribution < 1.29 is 14.3 Å². The number of hydrogen-bond donors (Lipinski definition) is 0. The van der Waals surface area contributed by atoms with Crippen molar-refractivity contribution in [2.24, 2.45) is 0 Å². The van der Waals surface area contributed by atoms with Gasteiger partial charge in [0.2, 0.25) is 0 Å². The molecule has 4 aromatic rings. The second-order valence-corrected chi connectivity index (χ2v) is 9.58. The Balaban J connectivity index is 1.45. The first-order valence-electron chi connectivity index (χ1n) is 13.1. The first-order chi connectivity index (χ1) is 18.1. The summed E-state index contributed by atoms with van der Waals surface area (Å²) in [6.45, 7) is 7.64. The van der Waals surface area contributed by atoms with Crippen LogP contribution in [0.4, 0.5) is 5.69 Å². The summed E-state index contributed by atoms with van der Waals surface area (Å²) in [5.41, 5.74) is 3.94. The van der Waals surface area contributed by atoms with Crippen LogP contribution in [0.2, 0.25) is 0 Å². The maximum Gasteiger partial charge on any atom is 0.270 e. The van der Waals surface area contributed by atoms with E-state index in [1.54, 1.807) is 7.11 Å². The van der Waals surface area contributed by atoms with E-state index in [4.69, 9.17) is 9.47 Å². The van der Waals surface area contributed by atoms with E-state index in [-0.39, 0.29) is 12.0 Å². The molecule has 192 valence electrons. The third kappa shape index (κ3) is 5.15. The van der Waals surface area contributed by atoms with Crippen LogP contribution in [0.3, 0.4) is 0 Å². The number of anilines is 1. The molecule has 0 unspecified atom stereocenters. The zero-order valence-corrected chi connectivity index (χ0v) is 21.9. The molecule has 2 heterocycles. The zero-order valence-electron chi connectivity index (χ0n) is 21.9. The molecular weight excluding hydrogens is 462 g/mol. The number of aromatic nitrogens is 1. The number of piperazine rings is 1. The quantitative estimate of drug-likeness (QED) is 0.307. The second kappa shape index (κ2) is 11.0. The van der Waals surface area contributed by atoms with Crippen LogP contribution >= 0.6 is 0 Å². The van der Waals surface area contributed by atoms with Gasteiger partial charge in [-0.25, -0.2) is 0 Å². The van der Waals surface area contributed by atoms with E-state index in [2.05, 4.69) is 47.6 Å². The fourth-order valence-electron chi connectivity index (χ4n) is 4.98. The molecule has 1 aromatic heterocycles. The Bertz CT molecular complexity index is 1360. The lowest BCUT2D eigenvalue weighted by Crippen LogP contribution is -2.49. The molecule has 1 saturated heterocycles. The molecule has 0 spiro atoms. The number of amides is 1. The first-order valence-corrected chi connectivity index (χ1v) is 13.1. The van der Waals surface area contributed by atoms with Crippen molar-refractivity contribution in [3.05, 3.63) is 90.1 Å². The standard InChI is InChI=1S/C31H35N3O3/c1-4-23(2)37-29-16-10-14-26-25(29)21-28(34(26)22-24-11-6-5-7-12-24)31(35)33-19-17-32(18-20-33)27-13-8-9-15-30(27)36-3/h5-16,21,23H,4,17-20,22H2,1-3H3/t23-/m0/s1. The van der Waals surface area contributed by atoms with Crippen molar-refractivity contribution in [2.45, 2.75) is 32.9 Å². The summed E-state index contributed by atoms with van der Waals surface area (Å²) < 4.78 is 13.9. The van der Waals surface area contributed by atoms with E-state index in [9.17, 15) is 4.79 Å². The summed E-state index contributed by atoms with van der Waals surface area (Å²) in [6, 6.07) is 26.5. The fourth-order valence-corrected chi connectivity index (χ4v) is 4.98. The highest BCUT2D eigenvalue weighted by Gasteiger charge is 2.27. The summed E-state index contributed by atoms with van der Waals surface area (Å²) in [6.07, 6.45) is 1.02. The van der Waals surface area contributed by atoms with E-state index in [1.165, 1.54) is 0 Å². The van der Waals surface area contributed by atoms with Crippen LogP contribution < -0.4 is 14.4 Å². The van der Waals surface area contributed by atoms with Gasteiger partial charge in [0.15, 0.2) is 0 Å². The highest BCUT2D eigenvalue weighted by molar-refractivity contribution is 6.00. The Hall–Kier alpha value is -3.93. The number of methoxy groups -OCH3 is 1. The Morgan fingerprint density at radius 1 is 0.892 bits per heavy atom. The Kier molecular flexibility index (Phi) is 7.35. The van der Waals surface area contributed by atoms with E-state index < -0.39 is 0 Å². The molecule has 0 bridgehead atoms. The Morgan fingerprint density at radius 3 is 2.32 bits per heavy atom. The van der Waals surface area contributed by atoms with Gasteiger partial charge in [0.1, 0.15) is 17.2 Å². The minimum absolute atomic E-state index is 0.0568. The Morgan fingerprint density at radius 2 is 1.59 bits per heavy atom. The number of ether oxygens (including phenoxy) is 2. The van der Waals surface area contributed by atoms with Gasteiger partial charge in [-0.1, -0.05) is 55.5 Å². The van der Waals surface area contributed by atoms with Gasteiger partial charge >= 0.3 is 0 Å². The third-order valence-electron chi connectivity index (χ3n) is 7.20. The van der Waals surface area contributed by atoms with E-state index in [0.29, 0.717) is 25.3 Å². The molecule has 0 aliphatic carbocycles. The molecule has 1 atom stereocenters. The lowest BCUT2D eigenvalue weighted by atomic mass is 10.2. The smallest absolute Gasteiger partial charge is 0.270 e. The van der Waals surface area contributed by atoms with Gasteiger partial charge in [0.25, 0.3) is 5.91 Å². The number of carbonyl (C=O) groups excluding carboxylic acids is 1. The van der Waals surface area contributed by atoms with Crippen molar-refractivity contribution in [3.63, 3.8) is 0 Å². The van der Waals surface area contributed by atoms with Crippen molar-refractivity contribution >= 4 is 22.5 Å². The number of benzene rings is 3. The van der Waals surface area contributed by atoms with Gasteiger partial charge < -0.3 is 23.8 Å². The van der Waals surface area contributed by atoms with E-state index >= 15 is 0 Å². The number of rotatable bonds is 8. The SMILES string of the molecule is CC[C@H](C)Oc1cccc2c1cc(C(=O)N1CCN(c3ccccc3OC)CC1)n2Cc1ccccc1. The maximum absolute atomic E-state index is 14.0. The largest absolute Gasteiger partial charge is 0.495 e. The normalized spacial score (nSPS) is 14.6.